The van der Waals surface area contributed by atoms with Gasteiger partial charge in [-0.1, -0.05) is 6.92 Å². The maximum Gasteiger partial charge on any atom is 0.107 e. The van der Waals surface area contributed by atoms with Crippen molar-refractivity contribution >= 4 is 0 Å². The second kappa shape index (κ2) is 6.35. The highest BCUT2D eigenvalue weighted by atomic mass is 15.3. The molecule has 0 radical (unpaired) electrons. The molecule has 1 fully saturated rings. The fraction of sp³-hybridized carbons (Fsp3) is 0.562. The zero-order valence-electron chi connectivity index (χ0n) is 12.9. The van der Waals surface area contributed by atoms with Gasteiger partial charge in [-0.05, 0) is 44.8 Å². The third-order valence-electron chi connectivity index (χ3n) is 4.11. The molecular weight excluding hydrogens is 262 g/mol. The number of nitrogens with zero attached hydrogens (tertiary/aromatic N) is 5. The zero-order chi connectivity index (χ0) is 14.7. The van der Waals surface area contributed by atoms with Crippen LogP contribution >= 0.6 is 0 Å². The Morgan fingerprint density at radius 2 is 2.19 bits per heavy atom. The second-order valence-corrected chi connectivity index (χ2v) is 5.95. The van der Waals surface area contributed by atoms with Crippen LogP contribution in [-0.4, -0.2) is 44.8 Å². The normalized spacial score (nSPS) is 19.2. The van der Waals surface area contributed by atoms with E-state index in [4.69, 9.17) is 0 Å². The van der Waals surface area contributed by atoms with E-state index in [1.807, 2.05) is 29.3 Å². The number of rotatable bonds is 5. The van der Waals surface area contributed by atoms with E-state index in [1.165, 1.54) is 19.5 Å². The third-order valence-corrected chi connectivity index (χ3v) is 4.11. The molecule has 1 aliphatic heterocycles. The second-order valence-electron chi connectivity index (χ2n) is 5.95. The molecule has 5 heteroatoms. The summed E-state index contributed by atoms with van der Waals surface area (Å²) in [6, 6.07) is 2.01. The fourth-order valence-electron chi connectivity index (χ4n) is 3.02. The van der Waals surface area contributed by atoms with Crippen molar-refractivity contribution < 1.29 is 0 Å². The van der Waals surface area contributed by atoms with Gasteiger partial charge in [0, 0.05) is 25.5 Å². The van der Waals surface area contributed by atoms with E-state index in [9.17, 15) is 0 Å². The van der Waals surface area contributed by atoms with E-state index < -0.39 is 0 Å². The monoisotopic (exact) mass is 285 g/mol. The van der Waals surface area contributed by atoms with Crippen LogP contribution in [-0.2, 0) is 13.0 Å². The van der Waals surface area contributed by atoms with Crippen LogP contribution < -0.4 is 0 Å². The first kappa shape index (κ1) is 14.2. The highest BCUT2D eigenvalue weighted by molar-refractivity contribution is 5.52. The van der Waals surface area contributed by atoms with Crippen molar-refractivity contribution in [2.45, 2.75) is 32.7 Å². The molecule has 0 N–H and O–H groups in total. The SMILES string of the molecule is CCCn1nccc1-c1cnc(CC2CCN(C)C2)cn1. The Hall–Kier alpha value is -1.75. The van der Waals surface area contributed by atoms with E-state index >= 15 is 0 Å². The van der Waals surface area contributed by atoms with Crippen LogP contribution in [0.2, 0.25) is 0 Å². The summed E-state index contributed by atoms with van der Waals surface area (Å²) in [5, 5.41) is 4.34. The van der Waals surface area contributed by atoms with Gasteiger partial charge < -0.3 is 4.90 Å². The lowest BCUT2D eigenvalue weighted by Gasteiger charge is -2.10. The van der Waals surface area contributed by atoms with Gasteiger partial charge in [0.2, 0.25) is 0 Å². The summed E-state index contributed by atoms with van der Waals surface area (Å²) in [6.07, 6.45) is 9.01. The summed E-state index contributed by atoms with van der Waals surface area (Å²) in [4.78, 5) is 11.6. The topological polar surface area (TPSA) is 46.8 Å². The van der Waals surface area contributed by atoms with Gasteiger partial charge in [0.1, 0.15) is 5.69 Å². The summed E-state index contributed by atoms with van der Waals surface area (Å²) in [7, 11) is 2.18. The van der Waals surface area contributed by atoms with E-state index in [1.54, 1.807) is 0 Å². The molecule has 2 aromatic heterocycles. The molecule has 0 aromatic carbocycles. The van der Waals surface area contributed by atoms with Crippen LogP contribution in [0.5, 0.6) is 0 Å². The average molecular weight is 285 g/mol. The van der Waals surface area contributed by atoms with Crippen LogP contribution in [0.3, 0.4) is 0 Å². The van der Waals surface area contributed by atoms with Crippen molar-refractivity contribution in [3.63, 3.8) is 0 Å². The Balaban J connectivity index is 1.70. The summed E-state index contributed by atoms with van der Waals surface area (Å²) in [6.45, 7) is 5.44. The Bertz CT molecular complexity index is 575. The molecule has 0 saturated carbocycles. The standard InChI is InChI=1S/C16H23N5/c1-3-7-21-16(4-6-19-21)15-11-17-14(10-18-15)9-13-5-8-20(2)12-13/h4,6,10-11,13H,3,5,7-9,12H2,1-2H3. The molecule has 3 rings (SSSR count). The first-order chi connectivity index (χ1) is 10.3. The molecule has 0 spiro atoms. The lowest BCUT2D eigenvalue weighted by Crippen LogP contribution is -2.15. The smallest absolute Gasteiger partial charge is 0.107 e. The number of likely N-dealkylation sites (tertiary alicyclic amines) is 1. The minimum absolute atomic E-state index is 0.723. The molecule has 1 aliphatic rings. The van der Waals surface area contributed by atoms with Gasteiger partial charge in [0.15, 0.2) is 0 Å². The van der Waals surface area contributed by atoms with Crippen molar-refractivity contribution in [2.75, 3.05) is 20.1 Å². The van der Waals surface area contributed by atoms with Crippen LogP contribution in [0.4, 0.5) is 0 Å². The minimum atomic E-state index is 0.723. The van der Waals surface area contributed by atoms with Crippen molar-refractivity contribution in [3.8, 4) is 11.4 Å². The molecule has 1 saturated heterocycles. The van der Waals surface area contributed by atoms with Crippen molar-refractivity contribution in [1.82, 2.24) is 24.6 Å². The molecule has 3 heterocycles. The van der Waals surface area contributed by atoms with Gasteiger partial charge in [-0.25, -0.2) is 0 Å². The third kappa shape index (κ3) is 3.29. The maximum atomic E-state index is 4.60. The van der Waals surface area contributed by atoms with Gasteiger partial charge in [-0.3, -0.25) is 14.6 Å². The highest BCUT2D eigenvalue weighted by Gasteiger charge is 2.20. The zero-order valence-corrected chi connectivity index (χ0v) is 12.9. The van der Waals surface area contributed by atoms with Crippen LogP contribution in [0, 0.1) is 5.92 Å². The number of hydrogen-bond acceptors (Lipinski definition) is 4. The van der Waals surface area contributed by atoms with Gasteiger partial charge >= 0.3 is 0 Å². The first-order valence-corrected chi connectivity index (χ1v) is 7.78. The van der Waals surface area contributed by atoms with E-state index in [0.717, 1.165) is 42.4 Å². The predicted octanol–water partition coefficient (Wildman–Crippen LogP) is 2.24. The molecule has 1 atom stereocenters. The molecule has 112 valence electrons. The first-order valence-electron chi connectivity index (χ1n) is 7.78. The Labute approximate surface area is 126 Å². The molecule has 21 heavy (non-hydrogen) atoms. The largest absolute Gasteiger partial charge is 0.306 e. The molecule has 2 aromatic rings. The van der Waals surface area contributed by atoms with Crippen molar-refractivity contribution in [3.05, 3.63) is 30.4 Å². The van der Waals surface area contributed by atoms with Crippen molar-refractivity contribution in [1.29, 1.82) is 0 Å². The average Bonchev–Trinajstić information content (AvgIpc) is 3.10. The minimum Gasteiger partial charge on any atom is -0.306 e. The number of aryl methyl sites for hydroxylation is 1. The molecule has 0 aliphatic carbocycles. The molecule has 0 bridgehead atoms. The van der Waals surface area contributed by atoms with E-state index in [2.05, 4.69) is 33.9 Å². The highest BCUT2D eigenvalue weighted by Crippen LogP contribution is 2.20. The van der Waals surface area contributed by atoms with Gasteiger partial charge in [-0.15, -0.1) is 0 Å². The Kier molecular flexibility index (Phi) is 4.29. The van der Waals surface area contributed by atoms with Gasteiger partial charge in [-0.2, -0.15) is 5.10 Å². The van der Waals surface area contributed by atoms with Crippen LogP contribution in [0.15, 0.2) is 24.7 Å². The maximum absolute atomic E-state index is 4.60. The van der Waals surface area contributed by atoms with Crippen molar-refractivity contribution in [2.24, 2.45) is 5.92 Å². The summed E-state index contributed by atoms with van der Waals surface area (Å²) >= 11 is 0. The van der Waals surface area contributed by atoms with E-state index in [-0.39, 0.29) is 0 Å². The molecule has 0 amide bonds. The predicted molar refractivity (Wildman–Crippen MR) is 82.9 cm³/mol. The quantitative estimate of drug-likeness (QED) is 0.845. The lowest BCUT2D eigenvalue weighted by molar-refractivity contribution is 0.393. The molecular formula is C16H23N5. The van der Waals surface area contributed by atoms with Crippen LogP contribution in [0.1, 0.15) is 25.5 Å². The molecule has 1 unspecified atom stereocenters. The number of aromatic nitrogens is 4. The summed E-state index contributed by atoms with van der Waals surface area (Å²) < 4.78 is 2.00. The van der Waals surface area contributed by atoms with Gasteiger partial charge in [0.25, 0.3) is 0 Å². The van der Waals surface area contributed by atoms with Crippen LogP contribution in [0.25, 0.3) is 11.4 Å². The molecule has 5 nitrogen and oxygen atoms in total. The summed E-state index contributed by atoms with van der Waals surface area (Å²) in [5.74, 6) is 0.723. The summed E-state index contributed by atoms with van der Waals surface area (Å²) in [5.41, 5.74) is 3.06. The number of hydrogen-bond donors (Lipinski definition) is 0. The van der Waals surface area contributed by atoms with Gasteiger partial charge in [0.05, 0.1) is 17.6 Å². The Morgan fingerprint density at radius 1 is 1.29 bits per heavy atom. The van der Waals surface area contributed by atoms with E-state index in [0.29, 0.717) is 0 Å². The fourth-order valence-corrected chi connectivity index (χ4v) is 3.02. The lowest BCUT2D eigenvalue weighted by atomic mass is 10.0. The Morgan fingerprint density at radius 3 is 2.86 bits per heavy atom.